The Hall–Kier alpha value is -3.37. The second-order valence-electron chi connectivity index (χ2n) is 6.84. The highest BCUT2D eigenvalue weighted by Gasteiger charge is 2.42. The minimum absolute atomic E-state index is 0.0182. The Morgan fingerprint density at radius 1 is 1.10 bits per heavy atom. The largest absolute Gasteiger partial charge is 0.382 e. The smallest absolute Gasteiger partial charge is 0.244 e. The molecule has 0 bridgehead atoms. The van der Waals surface area contributed by atoms with E-state index in [9.17, 15) is 17.6 Å². The van der Waals surface area contributed by atoms with Crippen LogP contribution in [0.15, 0.2) is 59.8 Å². The Morgan fingerprint density at radius 3 is 2.47 bits per heavy atom. The van der Waals surface area contributed by atoms with Crippen molar-refractivity contribution in [1.29, 1.82) is 0 Å². The number of anilines is 1. The van der Waals surface area contributed by atoms with Crippen LogP contribution < -0.4 is 11.5 Å². The molecule has 154 valence electrons. The summed E-state index contributed by atoms with van der Waals surface area (Å²) >= 11 is 0. The molecular formula is C20H18FN5O3S. The van der Waals surface area contributed by atoms with Gasteiger partial charge in [0, 0.05) is 17.7 Å². The predicted molar refractivity (Wildman–Crippen MR) is 109 cm³/mol. The Labute approximate surface area is 172 Å². The van der Waals surface area contributed by atoms with Crippen LogP contribution >= 0.6 is 0 Å². The van der Waals surface area contributed by atoms with Gasteiger partial charge in [0.15, 0.2) is 0 Å². The number of primary amides is 1. The van der Waals surface area contributed by atoms with Crippen molar-refractivity contribution in [2.45, 2.75) is 17.4 Å². The van der Waals surface area contributed by atoms with E-state index in [1.54, 1.807) is 24.3 Å². The number of benzene rings is 2. The molecule has 0 saturated carbocycles. The summed E-state index contributed by atoms with van der Waals surface area (Å²) in [6.45, 7) is 0.202. The van der Waals surface area contributed by atoms with Crippen LogP contribution in [-0.2, 0) is 14.8 Å². The Kier molecular flexibility index (Phi) is 4.96. The summed E-state index contributed by atoms with van der Waals surface area (Å²) in [5.74, 6) is -1.06. The highest BCUT2D eigenvalue weighted by atomic mass is 32.2. The first-order chi connectivity index (χ1) is 14.3. The number of amides is 1. The average Bonchev–Trinajstić information content (AvgIpc) is 2.67. The summed E-state index contributed by atoms with van der Waals surface area (Å²) in [4.78, 5) is 19.5. The fraction of sp³-hybridized carbons (Fsp3) is 0.150. The van der Waals surface area contributed by atoms with Gasteiger partial charge in [0.1, 0.15) is 17.7 Å². The number of hydrogen-bond acceptors (Lipinski definition) is 6. The summed E-state index contributed by atoms with van der Waals surface area (Å²) in [5, 5.41) is 0. The molecule has 1 aliphatic heterocycles. The topological polar surface area (TPSA) is 132 Å². The van der Waals surface area contributed by atoms with Gasteiger partial charge in [0.05, 0.1) is 23.0 Å². The zero-order chi connectivity index (χ0) is 21.5. The zero-order valence-corrected chi connectivity index (χ0v) is 16.5. The normalized spacial score (nSPS) is 16.8. The maximum atomic E-state index is 14.8. The number of nitrogen functional groups attached to an aromatic ring is 1. The SMILES string of the molecule is NC(=O)C1CCN1S(=O)(=O)c1ccccc1-c1ccc(-c2cnc(N)cn2)c(F)c1. The lowest BCUT2D eigenvalue weighted by Gasteiger charge is -2.37. The van der Waals surface area contributed by atoms with Crippen molar-refractivity contribution in [3.63, 3.8) is 0 Å². The molecule has 8 nitrogen and oxygen atoms in total. The molecule has 1 amide bonds. The van der Waals surface area contributed by atoms with Crippen molar-refractivity contribution in [2.24, 2.45) is 5.73 Å². The molecule has 10 heteroatoms. The third-order valence-electron chi connectivity index (χ3n) is 5.00. The van der Waals surface area contributed by atoms with Crippen LogP contribution in [0.25, 0.3) is 22.4 Å². The number of aromatic nitrogens is 2. The van der Waals surface area contributed by atoms with Gasteiger partial charge in [0.2, 0.25) is 15.9 Å². The van der Waals surface area contributed by atoms with Crippen molar-refractivity contribution in [1.82, 2.24) is 14.3 Å². The predicted octanol–water partition coefficient (Wildman–Crippen LogP) is 1.78. The number of halogens is 1. The van der Waals surface area contributed by atoms with Gasteiger partial charge in [-0.15, -0.1) is 0 Å². The van der Waals surface area contributed by atoms with E-state index in [0.717, 1.165) is 4.31 Å². The Bertz CT molecular complexity index is 1230. The fourth-order valence-corrected chi connectivity index (χ4v) is 5.22. The first-order valence-electron chi connectivity index (χ1n) is 9.07. The van der Waals surface area contributed by atoms with E-state index in [1.165, 1.54) is 30.6 Å². The molecule has 0 radical (unpaired) electrons. The summed E-state index contributed by atoms with van der Waals surface area (Å²) < 4.78 is 42.2. The highest BCUT2D eigenvalue weighted by molar-refractivity contribution is 7.89. The van der Waals surface area contributed by atoms with E-state index in [0.29, 0.717) is 23.2 Å². The number of rotatable bonds is 5. The summed E-state index contributed by atoms with van der Waals surface area (Å²) in [7, 11) is -3.98. The van der Waals surface area contributed by atoms with Crippen LogP contribution in [0.4, 0.5) is 10.2 Å². The van der Waals surface area contributed by atoms with E-state index in [1.807, 2.05) is 0 Å². The van der Waals surface area contributed by atoms with Gasteiger partial charge in [-0.25, -0.2) is 17.8 Å². The van der Waals surface area contributed by atoms with Crippen LogP contribution in [0, 0.1) is 5.82 Å². The summed E-state index contributed by atoms with van der Waals surface area (Å²) in [5.41, 5.74) is 12.0. The summed E-state index contributed by atoms with van der Waals surface area (Å²) in [6.07, 6.45) is 3.06. The minimum Gasteiger partial charge on any atom is -0.382 e. The van der Waals surface area contributed by atoms with Crippen molar-refractivity contribution in [2.75, 3.05) is 12.3 Å². The van der Waals surface area contributed by atoms with E-state index in [-0.39, 0.29) is 22.8 Å². The molecule has 0 spiro atoms. The number of nitrogens with two attached hydrogens (primary N) is 2. The lowest BCUT2D eigenvalue weighted by molar-refractivity contribution is -0.124. The molecule has 2 heterocycles. The number of sulfonamides is 1. The Balaban J connectivity index is 1.75. The van der Waals surface area contributed by atoms with Crippen molar-refractivity contribution in [3.05, 3.63) is 60.7 Å². The van der Waals surface area contributed by atoms with Crippen molar-refractivity contribution < 1.29 is 17.6 Å². The molecule has 2 aromatic carbocycles. The van der Waals surface area contributed by atoms with E-state index in [4.69, 9.17) is 11.5 Å². The zero-order valence-electron chi connectivity index (χ0n) is 15.7. The standard InChI is InChI=1S/C20H18FN5O3S/c21-15-9-12(5-6-14(15)16-10-25-19(22)11-24-16)13-3-1-2-4-18(13)30(28,29)26-8-7-17(26)20(23)27/h1-6,9-11,17H,7-8H2,(H2,22,25)(H2,23,27). The lowest BCUT2D eigenvalue weighted by atomic mass is 10.0. The minimum atomic E-state index is -3.98. The van der Waals surface area contributed by atoms with Gasteiger partial charge in [-0.3, -0.25) is 9.78 Å². The van der Waals surface area contributed by atoms with Gasteiger partial charge >= 0.3 is 0 Å². The maximum absolute atomic E-state index is 14.8. The second kappa shape index (κ2) is 7.47. The van der Waals surface area contributed by atoms with E-state index in [2.05, 4.69) is 9.97 Å². The first-order valence-corrected chi connectivity index (χ1v) is 10.5. The maximum Gasteiger partial charge on any atom is 0.244 e. The Morgan fingerprint density at radius 2 is 1.87 bits per heavy atom. The first kappa shape index (κ1) is 19.9. The van der Waals surface area contributed by atoms with Gasteiger partial charge in [-0.05, 0) is 30.2 Å². The molecule has 4 rings (SSSR count). The third-order valence-corrected chi connectivity index (χ3v) is 6.97. The molecule has 1 atom stereocenters. The molecular weight excluding hydrogens is 409 g/mol. The lowest BCUT2D eigenvalue weighted by Crippen LogP contribution is -2.57. The molecule has 0 aliphatic carbocycles. The van der Waals surface area contributed by atoms with Crippen LogP contribution in [0.3, 0.4) is 0 Å². The van der Waals surface area contributed by atoms with Crippen molar-refractivity contribution in [3.8, 4) is 22.4 Å². The number of nitrogens with zero attached hydrogens (tertiary/aromatic N) is 3. The molecule has 1 unspecified atom stereocenters. The number of carbonyl (C=O) groups is 1. The number of carbonyl (C=O) groups excluding carboxylic acids is 1. The third kappa shape index (κ3) is 3.40. The molecule has 30 heavy (non-hydrogen) atoms. The quantitative estimate of drug-likeness (QED) is 0.638. The molecule has 1 aromatic heterocycles. The van der Waals surface area contributed by atoms with E-state index < -0.39 is 27.8 Å². The van der Waals surface area contributed by atoms with Gasteiger partial charge in [-0.1, -0.05) is 24.3 Å². The van der Waals surface area contributed by atoms with E-state index >= 15 is 0 Å². The van der Waals surface area contributed by atoms with Crippen LogP contribution in [0.5, 0.6) is 0 Å². The van der Waals surface area contributed by atoms with Crippen LogP contribution in [-0.4, -0.2) is 41.2 Å². The van der Waals surface area contributed by atoms with Crippen LogP contribution in [0.1, 0.15) is 6.42 Å². The molecule has 3 aromatic rings. The second-order valence-corrected chi connectivity index (χ2v) is 8.70. The van der Waals surface area contributed by atoms with Crippen LogP contribution in [0.2, 0.25) is 0 Å². The molecule has 1 saturated heterocycles. The van der Waals surface area contributed by atoms with Gasteiger partial charge < -0.3 is 11.5 Å². The average molecular weight is 427 g/mol. The monoisotopic (exact) mass is 427 g/mol. The van der Waals surface area contributed by atoms with Gasteiger partial charge in [-0.2, -0.15) is 4.31 Å². The molecule has 1 aliphatic rings. The van der Waals surface area contributed by atoms with Crippen molar-refractivity contribution >= 4 is 21.7 Å². The highest BCUT2D eigenvalue weighted by Crippen LogP contribution is 2.35. The molecule has 1 fully saturated rings. The summed E-state index contributed by atoms with van der Waals surface area (Å²) in [6, 6.07) is 9.73. The number of hydrogen-bond donors (Lipinski definition) is 2. The molecule has 4 N–H and O–H groups in total. The van der Waals surface area contributed by atoms with Gasteiger partial charge in [0.25, 0.3) is 0 Å². The fourth-order valence-electron chi connectivity index (χ4n) is 3.36.